The molecule has 0 spiro atoms. The van der Waals surface area contributed by atoms with E-state index in [1.165, 1.54) is 0 Å². The summed E-state index contributed by atoms with van der Waals surface area (Å²) in [6.07, 6.45) is 3.68. The first-order valence-corrected chi connectivity index (χ1v) is 8.51. The van der Waals surface area contributed by atoms with Crippen molar-refractivity contribution in [2.45, 2.75) is 38.5 Å². The monoisotopic (exact) mass is 368 g/mol. The highest BCUT2D eigenvalue weighted by molar-refractivity contribution is 5.91. The first kappa shape index (κ1) is 18.4. The molecule has 2 nitrogen and oxygen atoms in total. The third-order valence-corrected chi connectivity index (χ3v) is 4.86. The molecule has 0 aromatic heterocycles. The van der Waals surface area contributed by atoms with E-state index in [0.29, 0.717) is 17.5 Å². The second-order valence-corrected chi connectivity index (χ2v) is 6.78. The molecule has 2 aromatic rings. The van der Waals surface area contributed by atoms with Crippen LogP contribution in [-0.4, -0.2) is 5.97 Å². The van der Waals surface area contributed by atoms with Crippen LogP contribution in [0.15, 0.2) is 30.3 Å². The predicted octanol–water partition coefficient (Wildman–Crippen LogP) is 6.00. The second kappa shape index (κ2) is 7.48. The zero-order chi connectivity index (χ0) is 18.8. The maximum atomic E-state index is 14.4. The smallest absolute Gasteiger partial charge is 0.349 e. The number of esters is 1. The molecule has 1 fully saturated rings. The summed E-state index contributed by atoms with van der Waals surface area (Å²) in [5.41, 5.74) is -0.320. The zero-order valence-corrected chi connectivity index (χ0v) is 14.2. The minimum absolute atomic E-state index is 0. The van der Waals surface area contributed by atoms with Crippen molar-refractivity contribution in [2.75, 3.05) is 0 Å². The van der Waals surface area contributed by atoms with Crippen LogP contribution >= 0.6 is 0 Å². The van der Waals surface area contributed by atoms with Crippen LogP contribution in [0.4, 0.5) is 17.6 Å². The number of rotatable bonds is 3. The van der Waals surface area contributed by atoms with Crippen molar-refractivity contribution in [1.82, 2.24) is 0 Å². The van der Waals surface area contributed by atoms with Gasteiger partial charge in [0.05, 0.1) is 0 Å². The van der Waals surface area contributed by atoms with E-state index in [-0.39, 0.29) is 13.1 Å². The highest BCUT2D eigenvalue weighted by Gasteiger charge is 2.25. The van der Waals surface area contributed by atoms with Crippen LogP contribution in [0.25, 0.3) is 0 Å². The van der Waals surface area contributed by atoms with Crippen molar-refractivity contribution >= 4 is 5.97 Å². The number of hydrogen-bond donors (Lipinski definition) is 0. The number of hydrogen-bond acceptors (Lipinski definition) is 2. The molecule has 0 saturated heterocycles. The Labute approximate surface area is 150 Å². The van der Waals surface area contributed by atoms with E-state index in [1.807, 2.05) is 0 Å². The molecule has 1 saturated carbocycles. The van der Waals surface area contributed by atoms with Gasteiger partial charge in [-0.2, -0.15) is 0 Å². The summed E-state index contributed by atoms with van der Waals surface area (Å²) < 4.78 is 59.6. The molecule has 0 atom stereocenters. The predicted molar refractivity (Wildman–Crippen MR) is 90.2 cm³/mol. The highest BCUT2D eigenvalue weighted by Crippen LogP contribution is 2.36. The van der Waals surface area contributed by atoms with E-state index < -0.39 is 34.8 Å². The highest BCUT2D eigenvalue weighted by atomic mass is 19.2. The van der Waals surface area contributed by atoms with Gasteiger partial charge in [0, 0.05) is 7.49 Å². The molecule has 0 unspecified atom stereocenters. The molecule has 0 N–H and O–H groups in total. The molecule has 0 radical (unpaired) electrons. The van der Waals surface area contributed by atoms with Crippen molar-refractivity contribution in [3.05, 3.63) is 64.7 Å². The molecular formula is C20H20F4O2. The Balaban J connectivity index is 0.00000261. The number of carbonyl (C=O) groups is 1. The number of halogens is 4. The summed E-state index contributed by atoms with van der Waals surface area (Å²) in [5.74, 6) is -5.35. The van der Waals surface area contributed by atoms with E-state index in [0.717, 1.165) is 49.9 Å². The van der Waals surface area contributed by atoms with Gasteiger partial charge in [0.2, 0.25) is 0 Å². The molecule has 140 valence electrons. The summed E-state index contributed by atoms with van der Waals surface area (Å²) in [6.45, 7) is 2.15. The topological polar surface area (TPSA) is 26.3 Å². The van der Waals surface area contributed by atoms with Gasteiger partial charge in [-0.05, 0) is 54.5 Å². The van der Waals surface area contributed by atoms with Crippen LogP contribution in [0.1, 0.15) is 55.9 Å². The van der Waals surface area contributed by atoms with E-state index in [1.54, 1.807) is 0 Å². The molecule has 0 bridgehead atoms. The summed E-state index contributed by atoms with van der Waals surface area (Å²) in [6, 6.07) is 4.72. The summed E-state index contributed by atoms with van der Waals surface area (Å²) in [7, 11) is 0. The Morgan fingerprint density at radius 3 is 2.12 bits per heavy atom. The molecule has 1 aliphatic rings. The van der Waals surface area contributed by atoms with Crippen LogP contribution in [0.3, 0.4) is 0 Å². The van der Waals surface area contributed by atoms with Gasteiger partial charge in [-0.25, -0.2) is 22.4 Å². The van der Waals surface area contributed by atoms with Gasteiger partial charge in [-0.15, -0.1) is 0 Å². The van der Waals surface area contributed by atoms with Crippen molar-refractivity contribution in [3.63, 3.8) is 0 Å². The largest absolute Gasteiger partial charge is 0.423 e. The molecule has 26 heavy (non-hydrogen) atoms. The normalized spacial score (nSPS) is 20.0. The maximum Gasteiger partial charge on any atom is 0.349 e. The molecule has 0 heterocycles. The lowest BCUT2D eigenvalue weighted by Gasteiger charge is -2.26. The number of ether oxygens (including phenoxy) is 1. The van der Waals surface area contributed by atoms with Gasteiger partial charge in [0.25, 0.3) is 0 Å². The van der Waals surface area contributed by atoms with Crippen LogP contribution in [0.2, 0.25) is 0 Å². The number of carbonyl (C=O) groups excluding carboxylic acids is 1. The number of benzene rings is 2. The van der Waals surface area contributed by atoms with E-state index >= 15 is 0 Å². The Hall–Kier alpha value is -2.37. The standard InChI is InChI=1S/C20H18F4O2.H2/c1-11-2-4-12(5-3-11)13-8-17(23)19(18(24)9-13)20(25)26-14-6-7-15(21)16(22)10-14;/h6-12H,2-5H2,1H3;1H. The van der Waals surface area contributed by atoms with Gasteiger partial charge >= 0.3 is 5.97 Å². The lowest BCUT2D eigenvalue weighted by atomic mass is 9.79. The third kappa shape index (κ3) is 3.89. The third-order valence-electron chi connectivity index (χ3n) is 4.86. The SMILES string of the molecule is CC1CCC(c2cc(F)c(C(=O)Oc3ccc(F)c(F)c3)c(F)c2)CC1.[HH]. The van der Waals surface area contributed by atoms with Gasteiger partial charge in [-0.3, -0.25) is 0 Å². The fourth-order valence-corrected chi connectivity index (χ4v) is 3.32. The average molecular weight is 368 g/mol. The molecule has 2 aromatic carbocycles. The Morgan fingerprint density at radius 1 is 0.923 bits per heavy atom. The van der Waals surface area contributed by atoms with Crippen LogP contribution in [0, 0.1) is 29.2 Å². The van der Waals surface area contributed by atoms with Crippen LogP contribution < -0.4 is 4.74 Å². The van der Waals surface area contributed by atoms with Gasteiger partial charge < -0.3 is 4.74 Å². The molecule has 0 aliphatic heterocycles. The fourth-order valence-electron chi connectivity index (χ4n) is 3.32. The quantitative estimate of drug-likeness (QED) is 0.377. The average Bonchev–Trinajstić information content (AvgIpc) is 2.58. The minimum atomic E-state index is -1.30. The summed E-state index contributed by atoms with van der Waals surface area (Å²) in [4.78, 5) is 12.1. The fraction of sp³-hybridized carbons (Fsp3) is 0.350. The van der Waals surface area contributed by atoms with Gasteiger partial charge in [-0.1, -0.05) is 19.8 Å². The van der Waals surface area contributed by atoms with Gasteiger partial charge in [0.15, 0.2) is 11.6 Å². The maximum absolute atomic E-state index is 14.4. The Bertz CT molecular complexity index is 810. The van der Waals surface area contributed by atoms with E-state index in [4.69, 9.17) is 4.74 Å². The first-order valence-electron chi connectivity index (χ1n) is 8.51. The van der Waals surface area contributed by atoms with Crippen molar-refractivity contribution < 1.29 is 28.5 Å². The lowest BCUT2D eigenvalue weighted by Crippen LogP contribution is -2.16. The van der Waals surface area contributed by atoms with Crippen molar-refractivity contribution in [1.29, 1.82) is 0 Å². The van der Waals surface area contributed by atoms with Crippen LogP contribution in [0.5, 0.6) is 5.75 Å². The molecule has 0 amide bonds. The Morgan fingerprint density at radius 2 is 1.54 bits per heavy atom. The zero-order valence-electron chi connectivity index (χ0n) is 14.2. The Kier molecular flexibility index (Phi) is 5.30. The molecule has 1 aliphatic carbocycles. The lowest BCUT2D eigenvalue weighted by molar-refractivity contribution is 0.0724. The van der Waals surface area contributed by atoms with Crippen LogP contribution in [-0.2, 0) is 0 Å². The van der Waals surface area contributed by atoms with E-state index in [9.17, 15) is 22.4 Å². The second-order valence-electron chi connectivity index (χ2n) is 6.78. The summed E-state index contributed by atoms with van der Waals surface area (Å²) >= 11 is 0. The molecular weight excluding hydrogens is 348 g/mol. The van der Waals surface area contributed by atoms with Gasteiger partial charge in [0.1, 0.15) is 22.9 Å². The molecule has 6 heteroatoms. The summed E-state index contributed by atoms with van der Waals surface area (Å²) in [5, 5.41) is 0. The minimum Gasteiger partial charge on any atom is -0.423 e. The van der Waals surface area contributed by atoms with Crippen molar-refractivity contribution in [3.8, 4) is 5.75 Å². The first-order chi connectivity index (χ1) is 12.3. The van der Waals surface area contributed by atoms with E-state index in [2.05, 4.69) is 6.92 Å². The van der Waals surface area contributed by atoms with Crippen molar-refractivity contribution in [2.24, 2.45) is 5.92 Å². The molecule has 3 rings (SSSR count).